The summed E-state index contributed by atoms with van der Waals surface area (Å²) in [4.78, 5) is 9.62. The van der Waals surface area contributed by atoms with Crippen molar-refractivity contribution in [2.45, 2.75) is 33.7 Å². The maximum atomic E-state index is 5.75. The molecular formula is C11H20N4S. The topological polar surface area (TPSA) is 63.3 Å². The second-order valence-electron chi connectivity index (χ2n) is 4.17. The fourth-order valence-electron chi connectivity index (χ4n) is 1.18. The van der Waals surface area contributed by atoms with Crippen LogP contribution in [0.25, 0.3) is 0 Å². The van der Waals surface area contributed by atoms with E-state index in [0.717, 1.165) is 18.7 Å². The minimum atomic E-state index is 0.522. The SMILES string of the molecule is Cc1ncsc1CN=C(N)NCCC(C)C. The van der Waals surface area contributed by atoms with Gasteiger partial charge in [0.15, 0.2) is 5.96 Å². The van der Waals surface area contributed by atoms with Gasteiger partial charge in [-0.25, -0.2) is 9.98 Å². The van der Waals surface area contributed by atoms with E-state index in [1.165, 1.54) is 4.88 Å². The van der Waals surface area contributed by atoms with E-state index in [4.69, 9.17) is 5.73 Å². The lowest BCUT2D eigenvalue weighted by molar-refractivity contribution is 0.576. The van der Waals surface area contributed by atoms with Gasteiger partial charge in [-0.3, -0.25) is 0 Å². The number of aryl methyl sites for hydroxylation is 1. The standard InChI is InChI=1S/C11H20N4S/c1-8(2)4-5-13-11(12)14-6-10-9(3)15-7-16-10/h7-8H,4-6H2,1-3H3,(H3,12,13,14). The molecule has 90 valence electrons. The molecule has 0 aliphatic carbocycles. The summed E-state index contributed by atoms with van der Waals surface area (Å²) in [5.41, 5.74) is 8.63. The molecule has 0 saturated heterocycles. The molecule has 1 heterocycles. The first-order valence-corrected chi connectivity index (χ1v) is 6.40. The minimum absolute atomic E-state index is 0.522. The number of rotatable bonds is 5. The Balaban J connectivity index is 2.31. The van der Waals surface area contributed by atoms with Gasteiger partial charge in [0.2, 0.25) is 0 Å². The average molecular weight is 240 g/mol. The van der Waals surface area contributed by atoms with Crippen LogP contribution in [0.15, 0.2) is 10.5 Å². The highest BCUT2D eigenvalue weighted by atomic mass is 32.1. The Hall–Kier alpha value is -1.10. The van der Waals surface area contributed by atoms with E-state index in [1.807, 2.05) is 12.4 Å². The highest BCUT2D eigenvalue weighted by Crippen LogP contribution is 2.12. The first kappa shape index (κ1) is 13.0. The van der Waals surface area contributed by atoms with Crippen molar-refractivity contribution in [3.8, 4) is 0 Å². The van der Waals surface area contributed by atoms with Gasteiger partial charge in [0.05, 0.1) is 17.7 Å². The molecule has 1 aromatic rings. The number of hydrogen-bond acceptors (Lipinski definition) is 3. The Morgan fingerprint density at radius 3 is 2.94 bits per heavy atom. The predicted octanol–water partition coefficient (Wildman–Crippen LogP) is 1.90. The number of guanidine groups is 1. The number of nitrogens with zero attached hydrogens (tertiary/aromatic N) is 2. The Morgan fingerprint density at radius 1 is 1.62 bits per heavy atom. The second-order valence-corrected chi connectivity index (χ2v) is 5.11. The molecule has 0 aliphatic rings. The van der Waals surface area contributed by atoms with Gasteiger partial charge >= 0.3 is 0 Å². The van der Waals surface area contributed by atoms with Crippen LogP contribution in [0.1, 0.15) is 30.8 Å². The summed E-state index contributed by atoms with van der Waals surface area (Å²) in [5.74, 6) is 1.21. The summed E-state index contributed by atoms with van der Waals surface area (Å²) in [5, 5.41) is 3.11. The fourth-order valence-corrected chi connectivity index (χ4v) is 1.88. The van der Waals surface area contributed by atoms with Crippen molar-refractivity contribution in [2.24, 2.45) is 16.6 Å². The smallest absolute Gasteiger partial charge is 0.188 e. The third-order valence-corrected chi connectivity index (χ3v) is 3.19. The molecule has 3 N–H and O–H groups in total. The van der Waals surface area contributed by atoms with Gasteiger partial charge in [-0.05, 0) is 19.3 Å². The fraction of sp³-hybridized carbons (Fsp3) is 0.636. The van der Waals surface area contributed by atoms with E-state index < -0.39 is 0 Å². The molecule has 0 fully saturated rings. The number of thiazole rings is 1. The molecule has 0 atom stereocenters. The first-order chi connectivity index (χ1) is 7.59. The van der Waals surface area contributed by atoms with Crippen molar-refractivity contribution in [3.05, 3.63) is 16.1 Å². The van der Waals surface area contributed by atoms with Crippen LogP contribution in [0.5, 0.6) is 0 Å². The number of hydrogen-bond donors (Lipinski definition) is 2. The van der Waals surface area contributed by atoms with Crippen molar-refractivity contribution in [2.75, 3.05) is 6.54 Å². The number of nitrogens with one attached hydrogen (secondary N) is 1. The van der Waals surface area contributed by atoms with Crippen LogP contribution < -0.4 is 11.1 Å². The normalized spacial score (nSPS) is 12.1. The van der Waals surface area contributed by atoms with Gasteiger partial charge in [0, 0.05) is 11.4 Å². The van der Waals surface area contributed by atoms with Crippen LogP contribution >= 0.6 is 11.3 Å². The van der Waals surface area contributed by atoms with Gasteiger partial charge < -0.3 is 11.1 Å². The summed E-state index contributed by atoms with van der Waals surface area (Å²) in [6.07, 6.45) is 1.11. The Kier molecular flexibility index (Phi) is 5.25. The molecule has 1 aromatic heterocycles. The molecule has 16 heavy (non-hydrogen) atoms. The minimum Gasteiger partial charge on any atom is -0.370 e. The molecular weight excluding hydrogens is 220 g/mol. The van der Waals surface area contributed by atoms with Crippen LogP contribution in [0, 0.1) is 12.8 Å². The molecule has 0 saturated carbocycles. The lowest BCUT2D eigenvalue weighted by Gasteiger charge is -2.07. The number of aromatic nitrogens is 1. The second kappa shape index (κ2) is 6.48. The highest BCUT2D eigenvalue weighted by Gasteiger charge is 2.00. The van der Waals surface area contributed by atoms with Crippen molar-refractivity contribution < 1.29 is 0 Å². The molecule has 0 amide bonds. The third kappa shape index (κ3) is 4.61. The average Bonchev–Trinajstić information content (AvgIpc) is 2.60. The molecule has 0 aliphatic heterocycles. The quantitative estimate of drug-likeness (QED) is 0.610. The van der Waals surface area contributed by atoms with Gasteiger partial charge in [0.1, 0.15) is 0 Å². The van der Waals surface area contributed by atoms with Crippen LogP contribution in [0.4, 0.5) is 0 Å². The zero-order valence-electron chi connectivity index (χ0n) is 10.2. The number of nitrogens with two attached hydrogens (primary N) is 1. The first-order valence-electron chi connectivity index (χ1n) is 5.52. The van der Waals surface area contributed by atoms with E-state index in [1.54, 1.807) is 11.3 Å². The summed E-state index contributed by atoms with van der Waals surface area (Å²) in [7, 11) is 0. The Labute approximate surface area is 101 Å². The van der Waals surface area contributed by atoms with E-state index in [0.29, 0.717) is 18.4 Å². The summed E-state index contributed by atoms with van der Waals surface area (Å²) in [6.45, 7) is 7.88. The lowest BCUT2D eigenvalue weighted by atomic mass is 10.1. The zero-order chi connectivity index (χ0) is 12.0. The molecule has 4 nitrogen and oxygen atoms in total. The van der Waals surface area contributed by atoms with Crippen LogP contribution in [0.3, 0.4) is 0 Å². The molecule has 0 radical (unpaired) electrons. The highest BCUT2D eigenvalue weighted by molar-refractivity contribution is 7.09. The largest absolute Gasteiger partial charge is 0.370 e. The van der Waals surface area contributed by atoms with Crippen molar-refractivity contribution in [1.82, 2.24) is 10.3 Å². The van der Waals surface area contributed by atoms with Crippen molar-refractivity contribution >= 4 is 17.3 Å². The predicted molar refractivity (Wildman–Crippen MR) is 69.6 cm³/mol. The summed E-state index contributed by atoms with van der Waals surface area (Å²) < 4.78 is 0. The summed E-state index contributed by atoms with van der Waals surface area (Å²) >= 11 is 1.62. The van der Waals surface area contributed by atoms with Gasteiger partial charge in [-0.1, -0.05) is 13.8 Å². The maximum absolute atomic E-state index is 5.75. The molecule has 5 heteroatoms. The zero-order valence-corrected chi connectivity index (χ0v) is 11.0. The molecule has 0 aromatic carbocycles. The third-order valence-electron chi connectivity index (χ3n) is 2.27. The lowest BCUT2D eigenvalue weighted by Crippen LogP contribution is -2.32. The van der Waals surface area contributed by atoms with E-state index >= 15 is 0 Å². The van der Waals surface area contributed by atoms with Crippen molar-refractivity contribution in [1.29, 1.82) is 0 Å². The monoisotopic (exact) mass is 240 g/mol. The molecule has 0 unspecified atom stereocenters. The van der Waals surface area contributed by atoms with Crippen LogP contribution in [0.2, 0.25) is 0 Å². The van der Waals surface area contributed by atoms with Crippen LogP contribution in [-0.4, -0.2) is 17.5 Å². The Morgan fingerprint density at radius 2 is 2.38 bits per heavy atom. The number of aliphatic imine (C=N–C) groups is 1. The van der Waals surface area contributed by atoms with E-state index in [2.05, 4.69) is 29.1 Å². The van der Waals surface area contributed by atoms with Gasteiger partial charge in [-0.2, -0.15) is 0 Å². The van der Waals surface area contributed by atoms with Crippen molar-refractivity contribution in [3.63, 3.8) is 0 Å². The molecule has 0 spiro atoms. The van der Waals surface area contributed by atoms with E-state index in [9.17, 15) is 0 Å². The van der Waals surface area contributed by atoms with Crippen LogP contribution in [-0.2, 0) is 6.54 Å². The molecule has 0 bridgehead atoms. The Bertz CT molecular complexity index is 344. The van der Waals surface area contributed by atoms with Gasteiger partial charge in [-0.15, -0.1) is 11.3 Å². The maximum Gasteiger partial charge on any atom is 0.188 e. The summed E-state index contributed by atoms with van der Waals surface area (Å²) in [6, 6.07) is 0. The van der Waals surface area contributed by atoms with E-state index in [-0.39, 0.29) is 0 Å². The molecule has 1 rings (SSSR count). The van der Waals surface area contributed by atoms with Gasteiger partial charge in [0.25, 0.3) is 0 Å².